The van der Waals surface area contributed by atoms with Gasteiger partial charge in [0.25, 0.3) is 0 Å². The fourth-order valence-electron chi connectivity index (χ4n) is 4.80. The maximum Gasteiger partial charge on any atom is 0.224 e. The molecule has 1 aliphatic heterocycles. The lowest BCUT2D eigenvalue weighted by Gasteiger charge is -2.12. The maximum absolute atomic E-state index is 14.6. The van der Waals surface area contributed by atoms with Gasteiger partial charge in [0.1, 0.15) is 17.8 Å². The Bertz CT molecular complexity index is 1720. The molecule has 0 saturated carbocycles. The van der Waals surface area contributed by atoms with Crippen LogP contribution in [0.25, 0.3) is 33.2 Å². The van der Waals surface area contributed by atoms with Gasteiger partial charge in [-0.3, -0.25) is 19.9 Å². The smallest absolute Gasteiger partial charge is 0.224 e. The van der Waals surface area contributed by atoms with Crippen molar-refractivity contribution in [1.82, 2.24) is 20.2 Å². The van der Waals surface area contributed by atoms with E-state index in [1.54, 1.807) is 24.8 Å². The number of anilines is 3. The Morgan fingerprint density at radius 3 is 2.62 bits per heavy atom. The van der Waals surface area contributed by atoms with Crippen LogP contribution < -0.4 is 16.0 Å². The number of H-pyrrole nitrogens is 1. The van der Waals surface area contributed by atoms with E-state index in [9.17, 15) is 13.6 Å². The molecule has 1 aliphatic rings. The first-order chi connectivity index (χ1) is 18.9. The number of rotatable bonds is 6. The van der Waals surface area contributed by atoms with Crippen LogP contribution in [0.5, 0.6) is 0 Å². The highest BCUT2D eigenvalue weighted by molar-refractivity contribution is 5.94. The highest BCUT2D eigenvalue weighted by Crippen LogP contribution is 2.43. The summed E-state index contributed by atoms with van der Waals surface area (Å²) in [5.41, 5.74) is 6.06. The highest BCUT2D eigenvalue weighted by Gasteiger charge is 2.28. The summed E-state index contributed by atoms with van der Waals surface area (Å²) in [6.07, 6.45) is 6.62. The summed E-state index contributed by atoms with van der Waals surface area (Å²) in [4.78, 5) is 20.8. The normalized spacial score (nSPS) is 14.2. The van der Waals surface area contributed by atoms with Crippen molar-refractivity contribution in [1.29, 1.82) is 0 Å². The Morgan fingerprint density at radius 1 is 0.949 bits per heavy atom. The number of aromatic nitrogens is 4. The molecule has 8 nitrogen and oxygen atoms in total. The third-order valence-electron chi connectivity index (χ3n) is 6.58. The van der Waals surface area contributed by atoms with Crippen molar-refractivity contribution in [2.45, 2.75) is 26.4 Å². The predicted molar refractivity (Wildman–Crippen MR) is 147 cm³/mol. The molecular formula is C29H25F2N7O. The molecule has 1 atom stereocenters. The van der Waals surface area contributed by atoms with Crippen LogP contribution in [-0.2, 0) is 4.79 Å². The van der Waals surface area contributed by atoms with Crippen LogP contribution in [0.3, 0.4) is 0 Å². The second-order valence-electron chi connectivity index (χ2n) is 9.93. The fourth-order valence-corrected chi connectivity index (χ4v) is 4.80. The molecule has 196 valence electrons. The first kappa shape index (κ1) is 24.5. The van der Waals surface area contributed by atoms with Gasteiger partial charge in [-0.05, 0) is 41.8 Å². The minimum atomic E-state index is -0.664. The van der Waals surface area contributed by atoms with E-state index in [2.05, 4.69) is 36.1 Å². The Morgan fingerprint density at radius 2 is 1.79 bits per heavy atom. The minimum Gasteiger partial charge on any atom is -0.358 e. The van der Waals surface area contributed by atoms with Gasteiger partial charge in [0.2, 0.25) is 5.91 Å². The van der Waals surface area contributed by atoms with Crippen molar-refractivity contribution in [3.63, 3.8) is 0 Å². The van der Waals surface area contributed by atoms with Crippen molar-refractivity contribution in [2.75, 3.05) is 16.0 Å². The first-order valence-electron chi connectivity index (χ1n) is 12.6. The van der Waals surface area contributed by atoms with Crippen LogP contribution in [0.2, 0.25) is 0 Å². The molecule has 0 saturated heterocycles. The van der Waals surface area contributed by atoms with E-state index in [-0.39, 0.29) is 17.4 Å². The number of carbonyl (C=O) groups excluding carboxylic acids is 1. The van der Waals surface area contributed by atoms with Gasteiger partial charge in [0.15, 0.2) is 0 Å². The quantitative estimate of drug-likeness (QED) is 0.202. The van der Waals surface area contributed by atoms with Gasteiger partial charge in [0.05, 0.1) is 40.7 Å². The summed E-state index contributed by atoms with van der Waals surface area (Å²) in [5, 5.41) is 18.1. The maximum atomic E-state index is 14.6. The molecule has 5 aromatic rings. The summed E-state index contributed by atoms with van der Waals surface area (Å²) in [5.74, 6) is -1.10. The Balaban J connectivity index is 1.31. The molecule has 0 spiro atoms. The van der Waals surface area contributed by atoms with Gasteiger partial charge in [-0.25, -0.2) is 8.78 Å². The number of amides is 1. The van der Waals surface area contributed by atoms with Gasteiger partial charge in [-0.1, -0.05) is 19.9 Å². The number of halogens is 2. The average molecular weight is 526 g/mol. The monoisotopic (exact) mass is 525 g/mol. The van der Waals surface area contributed by atoms with Gasteiger partial charge in [-0.15, -0.1) is 0 Å². The lowest BCUT2D eigenvalue weighted by molar-refractivity contribution is -0.116. The van der Waals surface area contributed by atoms with Crippen LogP contribution in [0.4, 0.5) is 25.8 Å². The van der Waals surface area contributed by atoms with E-state index in [0.29, 0.717) is 29.0 Å². The van der Waals surface area contributed by atoms with Crippen LogP contribution in [-0.4, -0.2) is 26.1 Å². The highest BCUT2D eigenvalue weighted by atomic mass is 19.1. The van der Waals surface area contributed by atoms with Crippen molar-refractivity contribution < 1.29 is 13.6 Å². The van der Waals surface area contributed by atoms with Crippen LogP contribution in [0.15, 0.2) is 67.3 Å². The molecule has 0 aliphatic carbocycles. The average Bonchev–Trinajstić information content (AvgIpc) is 3.52. The molecule has 1 amide bonds. The zero-order valence-corrected chi connectivity index (χ0v) is 21.2. The van der Waals surface area contributed by atoms with E-state index in [0.717, 1.165) is 33.8 Å². The van der Waals surface area contributed by atoms with Crippen molar-refractivity contribution in [2.24, 2.45) is 5.92 Å². The molecule has 39 heavy (non-hydrogen) atoms. The number of aromatic amines is 1. The molecule has 3 aromatic heterocycles. The van der Waals surface area contributed by atoms with E-state index in [1.165, 1.54) is 12.1 Å². The topological polar surface area (TPSA) is 108 Å². The van der Waals surface area contributed by atoms with Crippen molar-refractivity contribution in [3.05, 3.63) is 84.6 Å². The van der Waals surface area contributed by atoms with E-state index < -0.39 is 17.8 Å². The predicted octanol–water partition coefficient (Wildman–Crippen LogP) is 6.49. The van der Waals surface area contributed by atoms with Crippen LogP contribution in [0, 0.1) is 17.6 Å². The summed E-state index contributed by atoms with van der Waals surface area (Å²) >= 11 is 0. The summed E-state index contributed by atoms with van der Waals surface area (Å²) in [7, 11) is 0. The molecular weight excluding hydrogens is 500 g/mol. The second-order valence-corrected chi connectivity index (χ2v) is 9.93. The molecule has 4 heterocycles. The zero-order chi connectivity index (χ0) is 27.1. The number of hydrogen-bond donors (Lipinski definition) is 4. The standard InChI is InChI=1S/C29H25F2N7O/c1-15(2)7-26(39)34-19-8-17(11-32-12-19)16-3-6-24-21(9-16)28(38-37-24)29-35-25-14-33-13-22(27(25)36-29)20-5-4-18(30)10-23(20)31/h3-6,8-15,29,35-36H,7H2,1-2H3,(H,34,39)(H,37,38). The molecule has 2 aromatic carbocycles. The SMILES string of the molecule is CC(C)CC(=O)Nc1cncc(-c2ccc3n[nH]c(C4Nc5cncc(-c6ccc(F)cc6F)c5N4)c3c2)c1. The third kappa shape index (κ3) is 4.76. The Hall–Kier alpha value is -4.86. The lowest BCUT2D eigenvalue weighted by atomic mass is 10.0. The lowest BCUT2D eigenvalue weighted by Crippen LogP contribution is -2.14. The largest absolute Gasteiger partial charge is 0.358 e. The molecule has 10 heteroatoms. The van der Waals surface area contributed by atoms with Crippen LogP contribution >= 0.6 is 0 Å². The molecule has 0 radical (unpaired) electrons. The van der Waals surface area contributed by atoms with Crippen molar-refractivity contribution in [3.8, 4) is 22.3 Å². The number of nitrogens with one attached hydrogen (secondary N) is 4. The fraction of sp³-hybridized carbons (Fsp3) is 0.172. The minimum absolute atomic E-state index is 0.0520. The van der Waals surface area contributed by atoms with Gasteiger partial charge >= 0.3 is 0 Å². The zero-order valence-electron chi connectivity index (χ0n) is 21.2. The van der Waals surface area contributed by atoms with Crippen molar-refractivity contribution >= 4 is 33.9 Å². The number of fused-ring (bicyclic) bond motifs is 2. The molecule has 0 bridgehead atoms. The summed E-state index contributed by atoms with van der Waals surface area (Å²) in [6.45, 7) is 3.99. The Kier molecular flexibility index (Phi) is 6.14. The molecule has 6 rings (SSSR count). The summed E-state index contributed by atoms with van der Waals surface area (Å²) < 4.78 is 28.1. The van der Waals surface area contributed by atoms with E-state index >= 15 is 0 Å². The van der Waals surface area contributed by atoms with Gasteiger partial charge < -0.3 is 16.0 Å². The van der Waals surface area contributed by atoms with Gasteiger partial charge in [0, 0.05) is 47.0 Å². The van der Waals surface area contributed by atoms with E-state index in [4.69, 9.17) is 0 Å². The number of nitrogens with zero attached hydrogens (tertiary/aromatic N) is 3. The second kappa shape index (κ2) is 9.79. The first-order valence-corrected chi connectivity index (χ1v) is 12.6. The van der Waals surface area contributed by atoms with Gasteiger partial charge in [-0.2, -0.15) is 5.10 Å². The molecule has 1 unspecified atom stereocenters. The van der Waals surface area contributed by atoms with E-state index in [1.807, 2.05) is 38.1 Å². The number of pyridine rings is 2. The number of carbonyl (C=O) groups is 1. The van der Waals surface area contributed by atoms with Crippen LogP contribution in [0.1, 0.15) is 32.1 Å². The number of benzene rings is 2. The summed E-state index contributed by atoms with van der Waals surface area (Å²) in [6, 6.07) is 11.3. The number of hydrogen-bond acceptors (Lipinski definition) is 6. The Labute approximate surface area is 222 Å². The third-order valence-corrected chi connectivity index (χ3v) is 6.58. The molecule has 4 N–H and O–H groups in total. The molecule has 0 fully saturated rings.